The molecule has 3 N–H and O–H groups in total. The van der Waals surface area contributed by atoms with Crippen molar-refractivity contribution in [1.29, 1.82) is 0 Å². The highest BCUT2D eigenvalue weighted by molar-refractivity contribution is 7.17. The van der Waals surface area contributed by atoms with E-state index in [1.165, 1.54) is 28.3 Å². The summed E-state index contributed by atoms with van der Waals surface area (Å²) in [7, 11) is 0. The molecular formula is C27H29N3O4S. The highest BCUT2D eigenvalue weighted by Crippen LogP contribution is 2.39. The topological polar surface area (TPSA) is 90.9 Å². The van der Waals surface area contributed by atoms with Gasteiger partial charge in [-0.2, -0.15) is 0 Å². The quantitative estimate of drug-likeness (QED) is 0.436. The van der Waals surface area contributed by atoms with E-state index >= 15 is 0 Å². The number of thiophene rings is 1. The molecular weight excluding hydrogens is 462 g/mol. The van der Waals surface area contributed by atoms with Gasteiger partial charge in [-0.15, -0.1) is 11.3 Å². The van der Waals surface area contributed by atoms with Crippen molar-refractivity contribution >= 4 is 33.8 Å². The number of ether oxygens (including phenoxy) is 1. The minimum absolute atomic E-state index is 0.139. The monoisotopic (exact) mass is 491 g/mol. The Labute approximate surface area is 208 Å². The molecule has 5 rings (SSSR count). The second-order valence-corrected chi connectivity index (χ2v) is 10.1. The second kappa shape index (κ2) is 10.6. The second-order valence-electron chi connectivity index (χ2n) is 8.96. The summed E-state index contributed by atoms with van der Waals surface area (Å²) in [6.45, 7) is 4.02. The number of amides is 2. The van der Waals surface area contributed by atoms with Gasteiger partial charge in [-0.05, 0) is 73.2 Å². The van der Waals surface area contributed by atoms with Crippen molar-refractivity contribution in [3.63, 3.8) is 0 Å². The minimum atomic E-state index is -0.244. The number of benzene rings is 2. The molecule has 1 fully saturated rings. The molecule has 1 aliphatic carbocycles. The van der Waals surface area contributed by atoms with Gasteiger partial charge in [0, 0.05) is 35.8 Å². The van der Waals surface area contributed by atoms with Crippen LogP contribution in [0.25, 0.3) is 0 Å². The molecule has 0 unspecified atom stereocenters. The van der Waals surface area contributed by atoms with Crippen LogP contribution in [0.15, 0.2) is 48.5 Å². The van der Waals surface area contributed by atoms with Crippen molar-refractivity contribution in [2.75, 3.05) is 36.9 Å². The van der Waals surface area contributed by atoms with Crippen LogP contribution >= 0.6 is 11.3 Å². The van der Waals surface area contributed by atoms with Gasteiger partial charge in [0.1, 0.15) is 10.8 Å². The SMILES string of the molecule is O=C(Nc1sc2c(c1C(=O)Nc1ccc(O)cc1)CCCC2)c1cccc(CN2CCOCC2)c1. The Morgan fingerprint density at radius 2 is 1.74 bits per heavy atom. The molecule has 8 heteroatoms. The van der Waals surface area contributed by atoms with E-state index in [0.29, 0.717) is 21.8 Å². The number of aryl methyl sites for hydroxylation is 1. The van der Waals surface area contributed by atoms with E-state index in [0.717, 1.165) is 69.7 Å². The number of phenols is 1. The zero-order valence-corrected chi connectivity index (χ0v) is 20.3. The number of hydrogen-bond acceptors (Lipinski definition) is 6. The third kappa shape index (κ3) is 5.56. The van der Waals surface area contributed by atoms with E-state index < -0.39 is 0 Å². The number of carbonyl (C=O) groups excluding carboxylic acids is 2. The van der Waals surface area contributed by atoms with Gasteiger partial charge in [0.2, 0.25) is 0 Å². The van der Waals surface area contributed by atoms with Crippen LogP contribution in [0.3, 0.4) is 0 Å². The van der Waals surface area contributed by atoms with E-state index in [4.69, 9.17) is 4.74 Å². The molecule has 1 aliphatic heterocycles. The van der Waals surface area contributed by atoms with Crippen LogP contribution in [-0.2, 0) is 24.1 Å². The Balaban J connectivity index is 1.36. The summed E-state index contributed by atoms with van der Waals surface area (Å²) in [5.74, 6) is -0.322. The molecule has 2 aliphatic rings. The molecule has 2 amide bonds. The van der Waals surface area contributed by atoms with Crippen LogP contribution in [0, 0.1) is 0 Å². The number of hydrogen-bond donors (Lipinski definition) is 3. The maximum atomic E-state index is 13.3. The number of rotatable bonds is 6. The molecule has 0 bridgehead atoms. The van der Waals surface area contributed by atoms with Crippen LogP contribution in [0.4, 0.5) is 10.7 Å². The van der Waals surface area contributed by atoms with Crippen molar-refractivity contribution in [2.24, 2.45) is 0 Å². The summed E-state index contributed by atoms with van der Waals surface area (Å²) in [6, 6.07) is 14.1. The highest BCUT2D eigenvalue weighted by Gasteiger charge is 2.27. The van der Waals surface area contributed by atoms with Crippen LogP contribution in [0.5, 0.6) is 5.75 Å². The first-order valence-electron chi connectivity index (χ1n) is 12.0. The number of fused-ring (bicyclic) bond motifs is 1. The van der Waals surface area contributed by atoms with Gasteiger partial charge in [0.05, 0.1) is 18.8 Å². The number of nitrogens with zero attached hydrogens (tertiary/aromatic N) is 1. The molecule has 7 nitrogen and oxygen atoms in total. The molecule has 182 valence electrons. The Kier molecular flexibility index (Phi) is 7.13. The fourth-order valence-electron chi connectivity index (χ4n) is 4.64. The first-order valence-corrected chi connectivity index (χ1v) is 12.8. The summed E-state index contributed by atoms with van der Waals surface area (Å²) in [5, 5.41) is 16.1. The summed E-state index contributed by atoms with van der Waals surface area (Å²) >= 11 is 1.50. The molecule has 3 aromatic rings. The Morgan fingerprint density at radius 3 is 2.54 bits per heavy atom. The zero-order chi connectivity index (χ0) is 24.2. The van der Waals surface area contributed by atoms with Gasteiger partial charge in [-0.1, -0.05) is 12.1 Å². The number of anilines is 2. The molecule has 0 atom stereocenters. The van der Waals surface area contributed by atoms with Gasteiger partial charge in [0.15, 0.2) is 0 Å². The van der Waals surface area contributed by atoms with Crippen molar-refractivity contribution in [3.8, 4) is 5.75 Å². The Morgan fingerprint density at radius 1 is 0.971 bits per heavy atom. The maximum absolute atomic E-state index is 13.3. The van der Waals surface area contributed by atoms with Crippen molar-refractivity contribution in [2.45, 2.75) is 32.2 Å². The lowest BCUT2D eigenvalue weighted by Crippen LogP contribution is -2.35. The first kappa shape index (κ1) is 23.5. The van der Waals surface area contributed by atoms with Crippen molar-refractivity contribution < 1.29 is 19.4 Å². The number of aromatic hydroxyl groups is 1. The third-order valence-electron chi connectivity index (χ3n) is 6.45. The van der Waals surface area contributed by atoms with E-state index in [1.54, 1.807) is 12.1 Å². The number of morpholine rings is 1. The van der Waals surface area contributed by atoms with Gasteiger partial charge < -0.3 is 20.5 Å². The smallest absolute Gasteiger partial charge is 0.258 e. The Hall–Kier alpha value is -3.20. The lowest BCUT2D eigenvalue weighted by Gasteiger charge is -2.26. The summed E-state index contributed by atoms with van der Waals surface area (Å²) in [6.07, 6.45) is 3.86. The minimum Gasteiger partial charge on any atom is -0.508 e. The third-order valence-corrected chi connectivity index (χ3v) is 7.66. The molecule has 1 saturated heterocycles. The normalized spacial score (nSPS) is 15.9. The van der Waals surface area contributed by atoms with E-state index in [9.17, 15) is 14.7 Å². The van der Waals surface area contributed by atoms with E-state index in [-0.39, 0.29) is 17.6 Å². The predicted molar refractivity (Wildman–Crippen MR) is 138 cm³/mol. The molecule has 2 heterocycles. The summed E-state index contributed by atoms with van der Waals surface area (Å²) in [4.78, 5) is 30.0. The standard InChI is InChI=1S/C27H29N3O4S/c31-21-10-8-20(9-11-21)28-26(33)24-22-6-1-2-7-23(22)35-27(24)29-25(32)19-5-3-4-18(16-19)17-30-12-14-34-15-13-30/h3-5,8-11,16,31H,1-2,6-7,12-15,17H2,(H,28,33)(H,29,32). The first-order chi connectivity index (χ1) is 17.1. The molecule has 2 aromatic carbocycles. The van der Waals surface area contributed by atoms with Crippen molar-refractivity contribution in [3.05, 3.63) is 75.7 Å². The molecule has 1 aromatic heterocycles. The van der Waals surface area contributed by atoms with E-state index in [1.807, 2.05) is 24.3 Å². The van der Waals surface area contributed by atoms with E-state index in [2.05, 4.69) is 15.5 Å². The molecule has 35 heavy (non-hydrogen) atoms. The summed E-state index contributed by atoms with van der Waals surface area (Å²) < 4.78 is 5.42. The summed E-state index contributed by atoms with van der Waals surface area (Å²) in [5.41, 5.74) is 3.84. The van der Waals surface area contributed by atoms with Gasteiger partial charge in [0.25, 0.3) is 11.8 Å². The van der Waals surface area contributed by atoms with Crippen LogP contribution in [0.2, 0.25) is 0 Å². The maximum Gasteiger partial charge on any atom is 0.258 e. The lowest BCUT2D eigenvalue weighted by atomic mass is 9.95. The molecule has 0 saturated carbocycles. The van der Waals surface area contributed by atoms with Gasteiger partial charge in [-0.3, -0.25) is 14.5 Å². The molecule has 0 radical (unpaired) electrons. The average Bonchev–Trinajstić information content (AvgIpc) is 3.24. The van der Waals surface area contributed by atoms with Crippen LogP contribution in [-0.4, -0.2) is 48.1 Å². The fourth-order valence-corrected chi connectivity index (χ4v) is 5.92. The van der Waals surface area contributed by atoms with Gasteiger partial charge >= 0.3 is 0 Å². The number of carbonyl (C=O) groups is 2. The van der Waals surface area contributed by atoms with Crippen LogP contribution in [0.1, 0.15) is 49.6 Å². The zero-order valence-electron chi connectivity index (χ0n) is 19.5. The number of phenolic OH excluding ortho intramolecular Hbond substituents is 1. The van der Waals surface area contributed by atoms with Crippen LogP contribution < -0.4 is 10.6 Å². The average molecular weight is 492 g/mol. The number of nitrogens with one attached hydrogen (secondary N) is 2. The van der Waals surface area contributed by atoms with Crippen molar-refractivity contribution in [1.82, 2.24) is 4.90 Å². The highest BCUT2D eigenvalue weighted by atomic mass is 32.1. The molecule has 0 spiro atoms. The van der Waals surface area contributed by atoms with Gasteiger partial charge in [-0.25, -0.2) is 0 Å². The largest absolute Gasteiger partial charge is 0.508 e. The fraction of sp³-hybridized carbons (Fsp3) is 0.333. The Bertz CT molecular complexity index is 1220. The predicted octanol–water partition coefficient (Wildman–Crippen LogP) is 4.67. The lowest BCUT2D eigenvalue weighted by molar-refractivity contribution is 0.0342.